The van der Waals surface area contributed by atoms with Crippen LogP contribution in [-0.2, 0) is 9.84 Å². The predicted octanol–water partition coefficient (Wildman–Crippen LogP) is 0.760. The number of carbonyl (C=O) groups is 1. The van der Waals surface area contributed by atoms with Crippen LogP contribution in [0.3, 0.4) is 0 Å². The van der Waals surface area contributed by atoms with E-state index < -0.39 is 15.9 Å². The summed E-state index contributed by atoms with van der Waals surface area (Å²) in [4.78, 5) is 15.6. The van der Waals surface area contributed by atoms with E-state index in [-0.39, 0.29) is 17.5 Å². The Morgan fingerprint density at radius 1 is 1.59 bits per heavy atom. The number of rotatable bonds is 2. The van der Waals surface area contributed by atoms with E-state index in [1.807, 2.05) is 12.3 Å². The number of anilines is 1. The molecule has 0 aliphatic carbocycles. The molecule has 0 bridgehead atoms. The van der Waals surface area contributed by atoms with Crippen molar-refractivity contribution in [1.82, 2.24) is 10.3 Å². The van der Waals surface area contributed by atoms with Gasteiger partial charge in [-0.15, -0.1) is 11.3 Å². The van der Waals surface area contributed by atoms with E-state index in [1.165, 1.54) is 11.3 Å². The lowest BCUT2D eigenvalue weighted by atomic mass is 10.3. The van der Waals surface area contributed by atoms with Crippen molar-refractivity contribution in [3.63, 3.8) is 0 Å². The topological polar surface area (TPSA) is 88.2 Å². The lowest BCUT2D eigenvalue weighted by molar-refractivity contribution is 0.249. The van der Waals surface area contributed by atoms with E-state index in [2.05, 4.69) is 15.6 Å². The van der Waals surface area contributed by atoms with Gasteiger partial charge in [-0.05, 0) is 13.3 Å². The number of aromatic nitrogens is 1. The van der Waals surface area contributed by atoms with Gasteiger partial charge in [-0.3, -0.25) is 5.32 Å². The van der Waals surface area contributed by atoms with Gasteiger partial charge in [-0.2, -0.15) is 0 Å². The van der Waals surface area contributed by atoms with Crippen molar-refractivity contribution in [2.24, 2.45) is 0 Å². The minimum atomic E-state index is -2.97. The molecule has 1 atom stereocenters. The molecular weight excluding hydrogens is 262 g/mol. The zero-order chi connectivity index (χ0) is 12.5. The molecule has 2 N–H and O–H groups in total. The summed E-state index contributed by atoms with van der Waals surface area (Å²) in [5.41, 5.74) is 0.841. The van der Waals surface area contributed by atoms with Crippen LogP contribution in [0.5, 0.6) is 0 Å². The number of sulfone groups is 1. The second-order valence-corrected chi connectivity index (χ2v) is 7.08. The Kier molecular flexibility index (Phi) is 3.34. The van der Waals surface area contributed by atoms with Crippen LogP contribution < -0.4 is 10.6 Å². The zero-order valence-corrected chi connectivity index (χ0v) is 10.9. The highest BCUT2D eigenvalue weighted by Crippen LogP contribution is 2.15. The van der Waals surface area contributed by atoms with Crippen molar-refractivity contribution in [3.05, 3.63) is 11.1 Å². The molecule has 1 aromatic rings. The Labute approximate surface area is 103 Å². The number of hydrogen-bond donors (Lipinski definition) is 2. The van der Waals surface area contributed by atoms with Gasteiger partial charge in [0.05, 0.1) is 17.2 Å². The second kappa shape index (κ2) is 4.61. The number of urea groups is 1. The van der Waals surface area contributed by atoms with Gasteiger partial charge in [-0.1, -0.05) is 0 Å². The molecule has 8 heteroatoms. The average molecular weight is 275 g/mol. The fourth-order valence-corrected chi connectivity index (χ4v) is 4.00. The first-order valence-corrected chi connectivity index (χ1v) is 7.85. The first-order valence-electron chi connectivity index (χ1n) is 5.15. The van der Waals surface area contributed by atoms with Crippen molar-refractivity contribution >= 4 is 32.3 Å². The Morgan fingerprint density at radius 3 is 2.88 bits per heavy atom. The van der Waals surface area contributed by atoms with Crippen LogP contribution >= 0.6 is 11.3 Å². The van der Waals surface area contributed by atoms with Crippen molar-refractivity contribution in [2.75, 3.05) is 16.8 Å². The lowest BCUT2D eigenvalue weighted by Crippen LogP contribution is -2.38. The number of hydrogen-bond acceptors (Lipinski definition) is 5. The summed E-state index contributed by atoms with van der Waals surface area (Å²) in [5.74, 6) is 0.172. The van der Waals surface area contributed by atoms with Gasteiger partial charge < -0.3 is 5.32 Å². The van der Waals surface area contributed by atoms with Crippen LogP contribution in [0.25, 0.3) is 0 Å². The first kappa shape index (κ1) is 12.3. The van der Waals surface area contributed by atoms with Crippen molar-refractivity contribution in [1.29, 1.82) is 0 Å². The maximum atomic E-state index is 11.5. The van der Waals surface area contributed by atoms with Crippen molar-refractivity contribution in [3.8, 4) is 0 Å². The Hall–Kier alpha value is -1.15. The van der Waals surface area contributed by atoms with Gasteiger partial charge in [0.1, 0.15) is 0 Å². The standard InChI is InChI=1S/C9H13N3O3S2/c1-6-4-16-9(10-6)12-8(13)11-7-2-3-17(14,15)5-7/h4,7H,2-3,5H2,1H3,(H2,10,11,12,13). The Balaban J connectivity index is 1.86. The molecule has 1 saturated heterocycles. The zero-order valence-electron chi connectivity index (χ0n) is 9.26. The molecule has 6 nitrogen and oxygen atoms in total. The van der Waals surface area contributed by atoms with Gasteiger partial charge in [-0.25, -0.2) is 18.2 Å². The molecule has 94 valence electrons. The normalized spacial score (nSPS) is 22.3. The number of nitrogens with zero attached hydrogens (tertiary/aromatic N) is 1. The van der Waals surface area contributed by atoms with Gasteiger partial charge >= 0.3 is 6.03 Å². The molecule has 2 amide bonds. The first-order chi connectivity index (χ1) is 7.94. The van der Waals surface area contributed by atoms with Crippen LogP contribution in [0.15, 0.2) is 5.38 Å². The highest BCUT2D eigenvalue weighted by Gasteiger charge is 2.28. The molecule has 1 aromatic heterocycles. The minimum Gasteiger partial charge on any atom is -0.334 e. The van der Waals surface area contributed by atoms with Gasteiger partial charge in [0.2, 0.25) is 0 Å². The van der Waals surface area contributed by atoms with E-state index in [9.17, 15) is 13.2 Å². The molecule has 0 saturated carbocycles. The molecule has 1 unspecified atom stereocenters. The van der Waals surface area contributed by atoms with Crippen LogP contribution in [0, 0.1) is 6.92 Å². The molecule has 0 radical (unpaired) electrons. The monoisotopic (exact) mass is 275 g/mol. The van der Waals surface area contributed by atoms with Gasteiger partial charge in [0.15, 0.2) is 15.0 Å². The third-order valence-corrected chi connectivity index (χ3v) is 5.05. The summed E-state index contributed by atoms with van der Waals surface area (Å²) in [6, 6.07) is -0.692. The van der Waals surface area contributed by atoms with E-state index in [0.717, 1.165) is 5.69 Å². The molecule has 2 heterocycles. The van der Waals surface area contributed by atoms with Crippen LogP contribution in [0.1, 0.15) is 12.1 Å². The van der Waals surface area contributed by atoms with Crippen LogP contribution in [-0.4, -0.2) is 37.0 Å². The number of amides is 2. The molecule has 17 heavy (non-hydrogen) atoms. The summed E-state index contributed by atoms with van der Waals surface area (Å²) >= 11 is 1.33. The Bertz CT molecular complexity index is 523. The maximum Gasteiger partial charge on any atom is 0.321 e. The second-order valence-electron chi connectivity index (χ2n) is 3.99. The van der Waals surface area contributed by atoms with Crippen molar-refractivity contribution in [2.45, 2.75) is 19.4 Å². The summed E-state index contributed by atoms with van der Waals surface area (Å²) in [6.45, 7) is 1.84. The molecule has 0 spiro atoms. The van der Waals surface area contributed by atoms with E-state index in [0.29, 0.717) is 11.6 Å². The molecule has 2 rings (SSSR count). The van der Waals surface area contributed by atoms with E-state index in [1.54, 1.807) is 0 Å². The van der Waals surface area contributed by atoms with Crippen LogP contribution in [0.4, 0.5) is 9.93 Å². The molecular formula is C9H13N3O3S2. The molecule has 1 aliphatic rings. The highest BCUT2D eigenvalue weighted by atomic mass is 32.2. The fraction of sp³-hybridized carbons (Fsp3) is 0.556. The molecule has 1 aliphatic heterocycles. The number of aryl methyl sites for hydroxylation is 1. The quantitative estimate of drug-likeness (QED) is 0.834. The Morgan fingerprint density at radius 2 is 2.35 bits per heavy atom. The van der Waals surface area contributed by atoms with Gasteiger partial charge in [0, 0.05) is 11.4 Å². The largest absolute Gasteiger partial charge is 0.334 e. The van der Waals surface area contributed by atoms with E-state index >= 15 is 0 Å². The summed E-state index contributed by atoms with van der Waals surface area (Å²) < 4.78 is 22.4. The number of thiazole rings is 1. The van der Waals surface area contributed by atoms with Gasteiger partial charge in [0.25, 0.3) is 0 Å². The van der Waals surface area contributed by atoms with Crippen molar-refractivity contribution < 1.29 is 13.2 Å². The summed E-state index contributed by atoms with van der Waals surface area (Å²) in [6.07, 6.45) is 0.479. The molecule has 0 aromatic carbocycles. The summed E-state index contributed by atoms with van der Waals surface area (Å²) in [7, 11) is -2.97. The molecule has 1 fully saturated rings. The third kappa shape index (κ3) is 3.40. The smallest absolute Gasteiger partial charge is 0.321 e. The minimum absolute atomic E-state index is 0.0251. The highest BCUT2D eigenvalue weighted by molar-refractivity contribution is 7.91. The SMILES string of the molecule is Cc1csc(NC(=O)NC2CCS(=O)(=O)C2)n1. The van der Waals surface area contributed by atoms with E-state index in [4.69, 9.17) is 0 Å². The average Bonchev–Trinajstić information content (AvgIpc) is 2.73. The number of carbonyl (C=O) groups excluding carboxylic acids is 1. The predicted molar refractivity (Wildman–Crippen MR) is 66.1 cm³/mol. The third-order valence-electron chi connectivity index (χ3n) is 2.41. The van der Waals surface area contributed by atoms with Crippen LogP contribution in [0.2, 0.25) is 0 Å². The fourth-order valence-electron chi connectivity index (χ4n) is 1.64. The number of nitrogens with one attached hydrogen (secondary N) is 2. The lowest BCUT2D eigenvalue weighted by Gasteiger charge is -2.10. The maximum absolute atomic E-state index is 11.5. The summed E-state index contributed by atoms with van der Waals surface area (Å²) in [5, 5.41) is 7.55.